The fraction of sp³-hybridized carbons (Fsp3) is 0.286. The molecule has 2 aromatic carbocycles. The van der Waals surface area contributed by atoms with E-state index in [0.29, 0.717) is 30.9 Å². The van der Waals surface area contributed by atoms with Crippen molar-refractivity contribution < 1.29 is 14.4 Å². The molecule has 0 saturated carbocycles. The minimum atomic E-state index is -0.495. The Kier molecular flexibility index (Phi) is 6.26. The maximum absolute atomic E-state index is 12.7. The second-order valence-corrected chi connectivity index (χ2v) is 6.74. The van der Waals surface area contributed by atoms with E-state index in [1.54, 1.807) is 29.2 Å². The molecule has 0 unspecified atom stereocenters. The van der Waals surface area contributed by atoms with Gasteiger partial charge in [0.2, 0.25) is 11.8 Å². The SMILES string of the molecule is CC(=O)Nc1ccc(NC(=O)[C@H]2CCCN2C(=O)NCc2ccccc2)cc1. The number of carbonyl (C=O) groups excluding carboxylic acids is 3. The fourth-order valence-corrected chi connectivity index (χ4v) is 3.22. The van der Waals surface area contributed by atoms with Crippen LogP contribution in [0.1, 0.15) is 25.3 Å². The summed E-state index contributed by atoms with van der Waals surface area (Å²) in [4.78, 5) is 37.8. The van der Waals surface area contributed by atoms with E-state index in [1.165, 1.54) is 6.92 Å². The molecule has 2 aromatic rings. The van der Waals surface area contributed by atoms with Gasteiger partial charge in [-0.2, -0.15) is 0 Å². The van der Waals surface area contributed by atoms with Gasteiger partial charge in [-0.1, -0.05) is 30.3 Å². The van der Waals surface area contributed by atoms with Gasteiger partial charge in [-0.25, -0.2) is 4.79 Å². The van der Waals surface area contributed by atoms with Crippen LogP contribution in [0.2, 0.25) is 0 Å². The molecule has 1 saturated heterocycles. The zero-order valence-corrected chi connectivity index (χ0v) is 15.8. The molecule has 0 spiro atoms. The molecule has 28 heavy (non-hydrogen) atoms. The summed E-state index contributed by atoms with van der Waals surface area (Å²) in [6.45, 7) is 2.42. The van der Waals surface area contributed by atoms with Crippen molar-refractivity contribution in [3.63, 3.8) is 0 Å². The molecule has 3 rings (SSSR count). The van der Waals surface area contributed by atoms with Gasteiger partial charge in [-0.05, 0) is 42.7 Å². The van der Waals surface area contributed by atoms with Crippen molar-refractivity contribution in [2.45, 2.75) is 32.4 Å². The number of benzene rings is 2. The van der Waals surface area contributed by atoms with E-state index in [9.17, 15) is 14.4 Å². The number of hydrogen-bond donors (Lipinski definition) is 3. The molecule has 3 N–H and O–H groups in total. The molecule has 1 heterocycles. The van der Waals surface area contributed by atoms with Crippen molar-refractivity contribution in [1.82, 2.24) is 10.2 Å². The summed E-state index contributed by atoms with van der Waals surface area (Å²) in [6, 6.07) is 15.8. The smallest absolute Gasteiger partial charge is 0.318 e. The number of rotatable bonds is 5. The highest BCUT2D eigenvalue weighted by Crippen LogP contribution is 2.20. The van der Waals surface area contributed by atoms with E-state index < -0.39 is 6.04 Å². The maximum atomic E-state index is 12.7. The number of nitrogens with zero attached hydrogens (tertiary/aromatic N) is 1. The van der Waals surface area contributed by atoms with Gasteiger partial charge in [0, 0.05) is 31.4 Å². The Balaban J connectivity index is 1.56. The van der Waals surface area contributed by atoms with E-state index in [1.807, 2.05) is 30.3 Å². The van der Waals surface area contributed by atoms with Crippen molar-refractivity contribution in [3.8, 4) is 0 Å². The number of urea groups is 1. The van der Waals surface area contributed by atoms with Crippen LogP contribution in [0.4, 0.5) is 16.2 Å². The first-order valence-corrected chi connectivity index (χ1v) is 9.30. The number of amides is 4. The Hall–Kier alpha value is -3.35. The Labute approximate surface area is 164 Å². The molecule has 0 aliphatic carbocycles. The van der Waals surface area contributed by atoms with Crippen molar-refractivity contribution in [3.05, 3.63) is 60.2 Å². The Morgan fingerprint density at radius 1 is 0.964 bits per heavy atom. The van der Waals surface area contributed by atoms with E-state index in [0.717, 1.165) is 12.0 Å². The number of carbonyl (C=O) groups is 3. The molecule has 7 nitrogen and oxygen atoms in total. The van der Waals surface area contributed by atoms with Gasteiger partial charge in [0.25, 0.3) is 0 Å². The van der Waals surface area contributed by atoms with Crippen molar-refractivity contribution in [1.29, 1.82) is 0 Å². The van der Waals surface area contributed by atoms with E-state index in [-0.39, 0.29) is 17.8 Å². The van der Waals surface area contributed by atoms with Gasteiger partial charge >= 0.3 is 6.03 Å². The second-order valence-electron chi connectivity index (χ2n) is 6.74. The number of nitrogens with one attached hydrogen (secondary N) is 3. The van der Waals surface area contributed by atoms with Gasteiger partial charge in [-0.3, -0.25) is 9.59 Å². The number of anilines is 2. The molecular formula is C21H24N4O3. The first-order valence-electron chi connectivity index (χ1n) is 9.30. The lowest BCUT2D eigenvalue weighted by Crippen LogP contribution is -2.47. The van der Waals surface area contributed by atoms with E-state index in [2.05, 4.69) is 16.0 Å². The average Bonchev–Trinajstić information content (AvgIpc) is 3.18. The Bertz CT molecular complexity index is 836. The Morgan fingerprint density at radius 3 is 2.25 bits per heavy atom. The zero-order valence-electron chi connectivity index (χ0n) is 15.8. The van der Waals surface area contributed by atoms with Crippen LogP contribution in [0.25, 0.3) is 0 Å². The van der Waals surface area contributed by atoms with Gasteiger partial charge in [-0.15, -0.1) is 0 Å². The van der Waals surface area contributed by atoms with Crippen molar-refractivity contribution in [2.75, 3.05) is 17.2 Å². The topological polar surface area (TPSA) is 90.5 Å². The first-order chi connectivity index (χ1) is 13.5. The third-order valence-electron chi connectivity index (χ3n) is 4.58. The maximum Gasteiger partial charge on any atom is 0.318 e. The summed E-state index contributed by atoms with van der Waals surface area (Å²) in [5, 5.41) is 8.41. The molecule has 0 radical (unpaired) electrons. The van der Waals surface area contributed by atoms with Gasteiger partial charge in [0.1, 0.15) is 6.04 Å². The quantitative estimate of drug-likeness (QED) is 0.745. The van der Waals surface area contributed by atoms with Crippen LogP contribution in [0.15, 0.2) is 54.6 Å². The second kappa shape index (κ2) is 9.03. The molecule has 0 bridgehead atoms. The molecular weight excluding hydrogens is 356 g/mol. The third-order valence-corrected chi connectivity index (χ3v) is 4.58. The molecule has 146 valence electrons. The van der Waals surface area contributed by atoms with Gasteiger partial charge < -0.3 is 20.9 Å². The normalized spacial score (nSPS) is 15.8. The lowest BCUT2D eigenvalue weighted by molar-refractivity contribution is -0.119. The first kappa shape index (κ1) is 19.4. The zero-order chi connectivity index (χ0) is 19.9. The van der Waals surface area contributed by atoms with Crippen molar-refractivity contribution >= 4 is 29.2 Å². The largest absolute Gasteiger partial charge is 0.334 e. The molecule has 1 aliphatic rings. The van der Waals surface area contributed by atoms with Crippen LogP contribution in [-0.4, -0.2) is 35.3 Å². The van der Waals surface area contributed by atoms with Crippen LogP contribution >= 0.6 is 0 Å². The summed E-state index contributed by atoms with van der Waals surface area (Å²) in [5.41, 5.74) is 2.29. The Morgan fingerprint density at radius 2 is 1.61 bits per heavy atom. The third kappa shape index (κ3) is 5.09. The molecule has 1 aliphatic heterocycles. The van der Waals surface area contributed by atoms with Crippen LogP contribution in [-0.2, 0) is 16.1 Å². The van der Waals surface area contributed by atoms with Crippen molar-refractivity contribution in [2.24, 2.45) is 0 Å². The number of hydrogen-bond acceptors (Lipinski definition) is 3. The van der Waals surface area contributed by atoms with Crippen LogP contribution in [0.3, 0.4) is 0 Å². The molecule has 1 atom stereocenters. The monoisotopic (exact) mass is 380 g/mol. The predicted octanol–water partition coefficient (Wildman–Crippen LogP) is 2.96. The summed E-state index contributed by atoms with van der Waals surface area (Å²) in [5.74, 6) is -0.362. The average molecular weight is 380 g/mol. The van der Waals surface area contributed by atoms with Crippen LogP contribution < -0.4 is 16.0 Å². The number of likely N-dealkylation sites (tertiary alicyclic amines) is 1. The minimum Gasteiger partial charge on any atom is -0.334 e. The lowest BCUT2D eigenvalue weighted by atomic mass is 10.2. The van der Waals surface area contributed by atoms with Gasteiger partial charge in [0.05, 0.1) is 0 Å². The molecule has 0 aromatic heterocycles. The fourth-order valence-electron chi connectivity index (χ4n) is 3.22. The summed E-state index contributed by atoms with van der Waals surface area (Å²) >= 11 is 0. The van der Waals surface area contributed by atoms with Gasteiger partial charge in [0.15, 0.2) is 0 Å². The molecule has 7 heteroatoms. The van der Waals surface area contributed by atoms with E-state index in [4.69, 9.17) is 0 Å². The highest BCUT2D eigenvalue weighted by Gasteiger charge is 2.34. The van der Waals surface area contributed by atoms with Crippen LogP contribution in [0, 0.1) is 0 Å². The summed E-state index contributed by atoms with van der Waals surface area (Å²) in [7, 11) is 0. The lowest BCUT2D eigenvalue weighted by Gasteiger charge is -2.24. The highest BCUT2D eigenvalue weighted by atomic mass is 16.2. The minimum absolute atomic E-state index is 0.153. The standard InChI is InChI=1S/C21H24N4O3/c1-15(26)23-17-9-11-18(12-10-17)24-20(27)19-8-5-13-25(19)21(28)22-14-16-6-3-2-4-7-16/h2-4,6-7,9-12,19H,5,8,13-14H2,1H3,(H,22,28)(H,23,26)(H,24,27)/t19-/m1/s1. The van der Waals surface area contributed by atoms with Crippen LogP contribution in [0.5, 0.6) is 0 Å². The highest BCUT2D eigenvalue weighted by molar-refractivity contribution is 5.97. The summed E-state index contributed by atoms with van der Waals surface area (Å²) in [6.07, 6.45) is 1.42. The molecule has 1 fully saturated rings. The summed E-state index contributed by atoms with van der Waals surface area (Å²) < 4.78 is 0. The van der Waals surface area contributed by atoms with E-state index >= 15 is 0 Å². The predicted molar refractivity (Wildman–Crippen MR) is 108 cm³/mol. The molecule has 4 amide bonds.